The van der Waals surface area contributed by atoms with E-state index in [0.717, 1.165) is 49.1 Å². The molecule has 0 heterocycles. The molecule has 29 heavy (non-hydrogen) atoms. The van der Waals surface area contributed by atoms with Gasteiger partial charge in [0.15, 0.2) is 11.6 Å². The maximum Gasteiger partial charge on any atom is 0.573 e. The molecule has 0 saturated heterocycles. The first-order chi connectivity index (χ1) is 13.9. The van der Waals surface area contributed by atoms with Crippen LogP contribution < -0.4 is 4.74 Å². The van der Waals surface area contributed by atoms with Gasteiger partial charge in [-0.15, -0.1) is 13.2 Å². The van der Waals surface area contributed by atoms with Gasteiger partial charge in [0, 0.05) is 0 Å². The summed E-state index contributed by atoms with van der Waals surface area (Å²) in [6.07, 6.45) is 13.2. The van der Waals surface area contributed by atoms with Crippen molar-refractivity contribution in [2.24, 2.45) is 11.8 Å². The van der Waals surface area contributed by atoms with E-state index in [2.05, 4.69) is 4.74 Å². The quantitative estimate of drug-likeness (QED) is 0.291. The van der Waals surface area contributed by atoms with Gasteiger partial charge < -0.3 is 4.74 Å². The Morgan fingerprint density at radius 1 is 0.793 bits per heavy atom. The lowest BCUT2D eigenvalue weighted by molar-refractivity contribution is -0.275. The summed E-state index contributed by atoms with van der Waals surface area (Å²) in [5.41, 5.74) is 0.794. The second-order valence-corrected chi connectivity index (χ2v) is 9.10. The van der Waals surface area contributed by atoms with E-state index < -0.39 is 17.9 Å². The second-order valence-electron chi connectivity index (χ2n) is 9.10. The van der Waals surface area contributed by atoms with Gasteiger partial charge in [-0.05, 0) is 61.1 Å². The molecule has 1 nitrogen and oxygen atoms in total. The summed E-state index contributed by atoms with van der Waals surface area (Å²) in [7, 11) is 0. The summed E-state index contributed by atoms with van der Waals surface area (Å²) in [6.45, 7) is 0. The van der Waals surface area contributed by atoms with Crippen molar-refractivity contribution in [2.75, 3.05) is 0 Å². The van der Waals surface area contributed by atoms with Gasteiger partial charge in [-0.2, -0.15) is 0 Å². The van der Waals surface area contributed by atoms with E-state index in [-0.39, 0.29) is 5.92 Å². The van der Waals surface area contributed by atoms with E-state index in [1.165, 1.54) is 70.3 Å². The lowest BCUT2D eigenvalue weighted by atomic mass is 9.77. The summed E-state index contributed by atoms with van der Waals surface area (Å²) >= 11 is 0. The molecule has 0 N–H and O–H groups in total. The van der Waals surface area contributed by atoms with Gasteiger partial charge in [0.2, 0.25) is 0 Å². The minimum absolute atomic E-state index is 0.243. The minimum atomic E-state index is -4.86. The number of hydrogen-bond donors (Lipinski definition) is 0. The van der Waals surface area contributed by atoms with Crippen molar-refractivity contribution in [2.45, 2.75) is 102 Å². The van der Waals surface area contributed by atoms with Gasteiger partial charge >= 0.3 is 6.36 Å². The Balaban J connectivity index is 1.32. The van der Waals surface area contributed by atoms with Crippen LogP contribution in [0, 0.1) is 17.7 Å². The predicted octanol–water partition coefficient (Wildman–Crippen LogP) is 8.53. The zero-order chi connectivity index (χ0) is 20.7. The van der Waals surface area contributed by atoms with Gasteiger partial charge in [-0.3, -0.25) is 0 Å². The lowest BCUT2D eigenvalue weighted by Crippen LogP contribution is -2.18. The zero-order valence-corrected chi connectivity index (χ0v) is 17.3. The lowest BCUT2D eigenvalue weighted by Gasteiger charge is -2.29. The molecular weight excluding hydrogens is 380 g/mol. The van der Waals surface area contributed by atoms with Crippen LogP contribution in [0.2, 0.25) is 0 Å². The summed E-state index contributed by atoms with van der Waals surface area (Å²) in [5.74, 6) is 0.317. The molecule has 0 atom stereocenters. The molecular formula is C24H34F4O. The molecule has 1 aromatic carbocycles. The first-order valence-corrected chi connectivity index (χ1v) is 11.5. The molecule has 0 spiro atoms. The van der Waals surface area contributed by atoms with E-state index in [0.29, 0.717) is 0 Å². The molecule has 5 heteroatoms. The van der Waals surface area contributed by atoms with Crippen LogP contribution in [0.15, 0.2) is 18.2 Å². The van der Waals surface area contributed by atoms with Crippen molar-refractivity contribution >= 4 is 0 Å². The Hall–Kier alpha value is -1.26. The number of unbranched alkanes of at least 4 members (excludes halogenated alkanes) is 3. The highest BCUT2D eigenvalue weighted by molar-refractivity contribution is 5.31. The highest BCUT2D eigenvalue weighted by Gasteiger charge is 2.32. The van der Waals surface area contributed by atoms with Crippen LogP contribution in [0.1, 0.15) is 101 Å². The summed E-state index contributed by atoms with van der Waals surface area (Å²) in [6, 6.07) is 3.91. The molecule has 0 aromatic heterocycles. The summed E-state index contributed by atoms with van der Waals surface area (Å²) in [4.78, 5) is 0. The van der Waals surface area contributed by atoms with Gasteiger partial charge in [0.05, 0.1) is 0 Å². The number of hydrogen-bond acceptors (Lipinski definition) is 1. The Labute approximate surface area is 172 Å². The Morgan fingerprint density at radius 3 is 1.93 bits per heavy atom. The van der Waals surface area contributed by atoms with Gasteiger partial charge in [-0.25, -0.2) is 4.39 Å². The van der Waals surface area contributed by atoms with Gasteiger partial charge in [0.1, 0.15) is 0 Å². The third-order valence-corrected chi connectivity index (χ3v) is 6.95. The molecule has 0 radical (unpaired) electrons. The molecule has 2 aliphatic carbocycles. The van der Waals surface area contributed by atoms with Crippen LogP contribution >= 0.6 is 0 Å². The molecule has 2 fully saturated rings. The SMILES string of the molecule is Fc1cc([C@H]2CC[C@H](CCCCCCC3CCCC3)CC2)ccc1OC(F)(F)F. The standard InChI is InChI=1S/C24H34F4O/c25-22-17-21(15-16-23(22)29-24(26,27)28)20-13-11-19(12-14-20)8-4-2-1-3-7-18-9-5-6-10-18/h15-20H,1-14H2/t19-,20-. The van der Waals surface area contributed by atoms with Gasteiger partial charge in [0.25, 0.3) is 0 Å². The third kappa shape index (κ3) is 7.49. The molecule has 1 aromatic rings. The van der Waals surface area contributed by atoms with E-state index in [1.54, 1.807) is 6.07 Å². The smallest absolute Gasteiger partial charge is 0.403 e. The normalized spacial score (nSPS) is 23.4. The fourth-order valence-electron chi connectivity index (χ4n) is 5.28. The van der Waals surface area contributed by atoms with E-state index in [9.17, 15) is 17.6 Å². The molecule has 2 saturated carbocycles. The van der Waals surface area contributed by atoms with E-state index in [4.69, 9.17) is 0 Å². The topological polar surface area (TPSA) is 9.23 Å². The fraction of sp³-hybridized carbons (Fsp3) is 0.750. The summed E-state index contributed by atoms with van der Waals surface area (Å²) < 4.78 is 54.5. The first-order valence-electron chi connectivity index (χ1n) is 11.5. The number of rotatable bonds is 9. The number of halogens is 4. The van der Waals surface area contributed by atoms with E-state index in [1.807, 2.05) is 0 Å². The summed E-state index contributed by atoms with van der Waals surface area (Å²) in [5, 5.41) is 0. The second kappa shape index (κ2) is 10.7. The van der Waals surface area contributed by atoms with Crippen LogP contribution in [0.4, 0.5) is 17.6 Å². The molecule has 2 aliphatic rings. The van der Waals surface area contributed by atoms with Crippen molar-refractivity contribution in [3.8, 4) is 5.75 Å². The Kier molecular flexibility index (Phi) is 8.25. The highest BCUT2D eigenvalue weighted by Crippen LogP contribution is 2.39. The fourth-order valence-corrected chi connectivity index (χ4v) is 5.28. The zero-order valence-electron chi connectivity index (χ0n) is 17.3. The average Bonchev–Trinajstić information content (AvgIpc) is 3.19. The minimum Gasteiger partial charge on any atom is -0.403 e. The monoisotopic (exact) mass is 414 g/mol. The molecule has 0 aliphatic heterocycles. The van der Waals surface area contributed by atoms with E-state index >= 15 is 0 Å². The molecule has 164 valence electrons. The first kappa shape index (κ1) is 22.4. The van der Waals surface area contributed by atoms with Crippen molar-refractivity contribution in [1.82, 2.24) is 0 Å². The van der Waals surface area contributed by atoms with Crippen LogP contribution in [-0.4, -0.2) is 6.36 Å². The average molecular weight is 415 g/mol. The molecule has 0 amide bonds. The Bertz CT molecular complexity index is 614. The van der Waals surface area contributed by atoms with Crippen LogP contribution in [-0.2, 0) is 0 Å². The third-order valence-electron chi connectivity index (χ3n) is 6.95. The largest absolute Gasteiger partial charge is 0.573 e. The van der Waals surface area contributed by atoms with Crippen molar-refractivity contribution in [1.29, 1.82) is 0 Å². The van der Waals surface area contributed by atoms with Crippen LogP contribution in [0.3, 0.4) is 0 Å². The molecule has 0 unspecified atom stereocenters. The molecule has 0 bridgehead atoms. The maximum atomic E-state index is 14.0. The molecule has 3 rings (SSSR count). The van der Waals surface area contributed by atoms with Crippen molar-refractivity contribution < 1.29 is 22.3 Å². The van der Waals surface area contributed by atoms with Crippen LogP contribution in [0.25, 0.3) is 0 Å². The highest BCUT2D eigenvalue weighted by atomic mass is 19.4. The van der Waals surface area contributed by atoms with Gasteiger partial charge in [-0.1, -0.05) is 70.3 Å². The van der Waals surface area contributed by atoms with Crippen molar-refractivity contribution in [3.63, 3.8) is 0 Å². The predicted molar refractivity (Wildman–Crippen MR) is 107 cm³/mol. The Morgan fingerprint density at radius 2 is 1.38 bits per heavy atom. The number of ether oxygens (including phenoxy) is 1. The van der Waals surface area contributed by atoms with Crippen molar-refractivity contribution in [3.05, 3.63) is 29.6 Å². The maximum absolute atomic E-state index is 14.0. The van der Waals surface area contributed by atoms with Crippen LogP contribution in [0.5, 0.6) is 5.75 Å². The number of alkyl halides is 3. The number of benzene rings is 1.